The predicted octanol–water partition coefficient (Wildman–Crippen LogP) is 5.66. The van der Waals surface area contributed by atoms with Crippen LogP contribution in [0.25, 0.3) is 17.3 Å². The van der Waals surface area contributed by atoms with Crippen LogP contribution < -0.4 is 15.2 Å². The Morgan fingerprint density at radius 2 is 2.00 bits per heavy atom. The molecule has 5 rings (SSSR count). The molecule has 2 aromatic carbocycles. The summed E-state index contributed by atoms with van der Waals surface area (Å²) in [7, 11) is 0. The van der Waals surface area contributed by atoms with Gasteiger partial charge >= 0.3 is 6.61 Å². The molecule has 0 fully saturated rings. The maximum atomic E-state index is 13.1. The van der Waals surface area contributed by atoms with Crippen molar-refractivity contribution in [3.05, 3.63) is 82.1 Å². The highest BCUT2D eigenvalue weighted by molar-refractivity contribution is 5.97. The first kappa shape index (κ1) is 26.0. The Bertz CT molecular complexity index is 1430. The third-order valence-electron chi connectivity index (χ3n) is 7.22. The summed E-state index contributed by atoms with van der Waals surface area (Å²) in [5, 5.41) is 11.5. The number of aliphatic hydroxyl groups is 1. The van der Waals surface area contributed by atoms with E-state index < -0.39 is 17.8 Å². The Balaban J connectivity index is 1.44. The van der Waals surface area contributed by atoms with Crippen LogP contribution in [0.1, 0.15) is 65.0 Å². The van der Waals surface area contributed by atoms with Crippen LogP contribution in [0.4, 0.5) is 8.78 Å². The van der Waals surface area contributed by atoms with Crippen LogP contribution in [0, 0.1) is 6.92 Å². The van der Waals surface area contributed by atoms with E-state index in [9.17, 15) is 18.7 Å². The van der Waals surface area contributed by atoms with Crippen molar-refractivity contribution in [2.75, 3.05) is 6.61 Å². The molecule has 0 bridgehead atoms. The molecule has 3 N–H and O–H groups in total. The van der Waals surface area contributed by atoms with Crippen molar-refractivity contribution in [1.29, 1.82) is 0 Å². The Kier molecular flexibility index (Phi) is 6.57. The summed E-state index contributed by atoms with van der Waals surface area (Å²) < 4.78 is 36.5. The lowest BCUT2D eigenvalue weighted by Crippen LogP contribution is -2.35. The van der Waals surface area contributed by atoms with Crippen molar-refractivity contribution in [3.8, 4) is 22.8 Å². The lowest BCUT2D eigenvalue weighted by molar-refractivity contribution is -0.0504. The van der Waals surface area contributed by atoms with Gasteiger partial charge in [-0.2, -0.15) is 8.78 Å². The number of alkyl halides is 2. The number of halogens is 2. The summed E-state index contributed by atoms with van der Waals surface area (Å²) in [5.74, 6) is 0.300. The number of carbonyl (C=O) groups excluding carboxylic acids is 1. The molecular weight excluding hydrogens is 490 g/mol. The summed E-state index contributed by atoms with van der Waals surface area (Å²) >= 11 is 0. The molecule has 0 spiro atoms. The average molecular weight is 521 g/mol. The normalized spacial score (nSPS) is 19.2. The summed E-state index contributed by atoms with van der Waals surface area (Å²) in [6.45, 7) is 2.75. The van der Waals surface area contributed by atoms with Crippen molar-refractivity contribution in [2.45, 2.75) is 57.8 Å². The number of hydrogen-bond donors (Lipinski definition) is 2. The number of aryl methyl sites for hydroxylation is 1. The fraction of sp³-hybridized carbons (Fsp3) is 0.333. The molecule has 1 aliphatic carbocycles. The molecule has 1 aliphatic heterocycles. The number of carbonyl (C=O) groups is 1. The van der Waals surface area contributed by atoms with Gasteiger partial charge in [-0.25, -0.2) is 4.98 Å². The number of ether oxygens (including phenoxy) is 2. The van der Waals surface area contributed by atoms with Crippen LogP contribution in [0.15, 0.2) is 48.5 Å². The summed E-state index contributed by atoms with van der Waals surface area (Å²) in [6.07, 6.45) is 4.12. The van der Waals surface area contributed by atoms with Gasteiger partial charge in [-0.15, -0.1) is 0 Å². The number of pyridine rings is 1. The number of rotatable bonds is 8. The number of allylic oxidation sites excluding steroid dienone is 1. The molecule has 0 amide bonds. The minimum atomic E-state index is -2.99. The van der Waals surface area contributed by atoms with Gasteiger partial charge in [0.15, 0.2) is 11.5 Å². The minimum absolute atomic E-state index is 0.00266. The maximum absolute atomic E-state index is 13.1. The van der Waals surface area contributed by atoms with E-state index in [1.54, 1.807) is 25.1 Å². The van der Waals surface area contributed by atoms with E-state index in [2.05, 4.69) is 4.74 Å². The monoisotopic (exact) mass is 520 g/mol. The third kappa shape index (κ3) is 4.93. The Morgan fingerprint density at radius 1 is 1.26 bits per heavy atom. The number of benzene rings is 2. The fourth-order valence-corrected chi connectivity index (χ4v) is 4.92. The van der Waals surface area contributed by atoms with Gasteiger partial charge < -0.3 is 20.3 Å². The molecule has 3 aromatic rings. The zero-order valence-corrected chi connectivity index (χ0v) is 21.6. The van der Waals surface area contributed by atoms with Gasteiger partial charge in [-0.05, 0) is 57.4 Å². The number of Topliss-reactive ketones (excluding diaryl/α,β-unsaturated/α-hetero) is 1. The van der Waals surface area contributed by atoms with Gasteiger partial charge in [0.2, 0.25) is 0 Å². The van der Waals surface area contributed by atoms with Crippen LogP contribution in [0.5, 0.6) is 11.5 Å². The van der Waals surface area contributed by atoms with E-state index in [-0.39, 0.29) is 36.5 Å². The minimum Gasteiger partial charge on any atom is -0.489 e. The highest BCUT2D eigenvalue weighted by Gasteiger charge is 2.38. The highest BCUT2D eigenvalue weighted by Crippen LogP contribution is 2.44. The fourth-order valence-electron chi connectivity index (χ4n) is 4.92. The van der Waals surface area contributed by atoms with Crippen LogP contribution in [0.3, 0.4) is 0 Å². The molecular formula is C30H30F2N2O4. The molecule has 0 radical (unpaired) electrons. The lowest BCUT2D eigenvalue weighted by Gasteiger charge is -2.25. The van der Waals surface area contributed by atoms with Gasteiger partial charge in [-0.3, -0.25) is 4.79 Å². The van der Waals surface area contributed by atoms with Crippen molar-refractivity contribution >= 4 is 11.9 Å². The molecule has 38 heavy (non-hydrogen) atoms. The zero-order valence-electron chi connectivity index (χ0n) is 21.6. The number of hydrogen-bond acceptors (Lipinski definition) is 6. The second-order valence-corrected chi connectivity index (χ2v) is 10.5. The molecule has 1 aromatic heterocycles. The van der Waals surface area contributed by atoms with Crippen molar-refractivity contribution in [1.82, 2.24) is 4.98 Å². The lowest BCUT2D eigenvalue weighted by atomic mass is 9.87. The summed E-state index contributed by atoms with van der Waals surface area (Å²) in [5.41, 5.74) is 9.46. The number of nitrogens with two attached hydrogens (primary N) is 1. The molecule has 0 saturated heterocycles. The summed E-state index contributed by atoms with van der Waals surface area (Å²) in [6, 6.07) is 12.6. The van der Waals surface area contributed by atoms with Gasteiger partial charge in [0.25, 0.3) is 0 Å². The van der Waals surface area contributed by atoms with Crippen LogP contribution in [-0.2, 0) is 17.6 Å². The Labute approximate surface area is 220 Å². The molecule has 2 heterocycles. The SMILES string of the molecule is Cc1ccc(-c2nc(C(C)(O)CCC(=O)c3cc4c(c(OC(F)F)c3)CC=C4)cc3c2OCC3(C)N)cc1. The van der Waals surface area contributed by atoms with E-state index in [4.69, 9.17) is 15.5 Å². The quantitative estimate of drug-likeness (QED) is 0.372. The second-order valence-electron chi connectivity index (χ2n) is 10.5. The Morgan fingerprint density at radius 3 is 2.71 bits per heavy atom. The number of fused-ring (bicyclic) bond motifs is 2. The van der Waals surface area contributed by atoms with Crippen LogP contribution in [-0.4, -0.2) is 29.1 Å². The predicted molar refractivity (Wildman–Crippen MR) is 140 cm³/mol. The average Bonchev–Trinajstić information content (AvgIpc) is 3.46. The first-order chi connectivity index (χ1) is 17.9. The molecule has 6 nitrogen and oxygen atoms in total. The van der Waals surface area contributed by atoms with Crippen LogP contribution >= 0.6 is 0 Å². The molecule has 8 heteroatoms. The van der Waals surface area contributed by atoms with E-state index in [1.165, 1.54) is 6.07 Å². The number of ketones is 1. The van der Waals surface area contributed by atoms with Crippen LogP contribution in [0.2, 0.25) is 0 Å². The molecule has 2 unspecified atom stereocenters. The van der Waals surface area contributed by atoms with Gasteiger partial charge in [0.05, 0.1) is 11.2 Å². The van der Waals surface area contributed by atoms with Gasteiger partial charge in [0.1, 0.15) is 23.7 Å². The number of nitrogens with zero attached hydrogens (tertiary/aromatic N) is 1. The van der Waals surface area contributed by atoms with Gasteiger partial charge in [0, 0.05) is 28.7 Å². The van der Waals surface area contributed by atoms with E-state index in [0.717, 1.165) is 16.7 Å². The first-order valence-electron chi connectivity index (χ1n) is 12.5. The largest absolute Gasteiger partial charge is 0.489 e. The molecule has 198 valence electrons. The molecule has 2 atom stereocenters. The zero-order chi connectivity index (χ0) is 27.2. The topological polar surface area (TPSA) is 94.7 Å². The molecule has 2 aliphatic rings. The third-order valence-corrected chi connectivity index (χ3v) is 7.22. The van der Waals surface area contributed by atoms with Crippen molar-refractivity contribution < 1.29 is 28.2 Å². The summed E-state index contributed by atoms with van der Waals surface area (Å²) in [4.78, 5) is 17.9. The standard InChI is InChI=1S/C30H30F2N2O4/c1-17-7-9-18(10-8-17)26-27-22(29(2,33)16-37-27)15-25(34-26)30(3,36)12-11-23(35)20-13-19-5-4-6-21(19)24(14-20)38-28(31)32/h4-5,7-10,13-15,28,36H,6,11-12,16,33H2,1-3H3. The van der Waals surface area contributed by atoms with E-state index >= 15 is 0 Å². The number of aromatic nitrogens is 1. The smallest absolute Gasteiger partial charge is 0.387 e. The Hall–Kier alpha value is -3.62. The van der Waals surface area contributed by atoms with Crippen molar-refractivity contribution in [3.63, 3.8) is 0 Å². The van der Waals surface area contributed by atoms with Crippen molar-refractivity contribution in [2.24, 2.45) is 5.73 Å². The molecule has 0 saturated carbocycles. The maximum Gasteiger partial charge on any atom is 0.387 e. The van der Waals surface area contributed by atoms with E-state index in [1.807, 2.05) is 44.2 Å². The van der Waals surface area contributed by atoms with E-state index in [0.29, 0.717) is 34.7 Å². The second kappa shape index (κ2) is 9.60. The highest BCUT2D eigenvalue weighted by atomic mass is 19.3. The first-order valence-corrected chi connectivity index (χ1v) is 12.5. The van der Waals surface area contributed by atoms with Gasteiger partial charge in [-0.1, -0.05) is 42.0 Å².